The predicted molar refractivity (Wildman–Crippen MR) is 92.5 cm³/mol. The highest BCUT2D eigenvalue weighted by Gasteiger charge is 2.31. The third-order valence-electron chi connectivity index (χ3n) is 3.60. The molecule has 128 valence electrons. The van der Waals surface area contributed by atoms with Crippen LogP contribution in [-0.4, -0.2) is 22.6 Å². The number of rotatable bonds is 5. The number of aryl methyl sites for hydroxylation is 2. The average molecular weight is 348 g/mol. The van der Waals surface area contributed by atoms with Gasteiger partial charge in [-0.2, -0.15) is 0 Å². The molecule has 0 bridgehead atoms. The molecule has 0 saturated carbocycles. The molecule has 1 aromatic carbocycles. The van der Waals surface area contributed by atoms with Crippen molar-refractivity contribution in [2.75, 3.05) is 11.1 Å². The zero-order valence-corrected chi connectivity index (χ0v) is 15.0. The molecule has 2 heterocycles. The summed E-state index contributed by atoms with van der Waals surface area (Å²) in [7, 11) is 0. The van der Waals surface area contributed by atoms with Crippen LogP contribution in [0.15, 0.2) is 22.7 Å². The number of anilines is 1. The minimum Gasteiger partial charge on any atom is -0.449 e. The SMILES string of the molecule is Cc1noc(C)c1CSCC(=O)Nc1ccc2c(c1)OC(C)(C)O2. The van der Waals surface area contributed by atoms with E-state index in [-0.39, 0.29) is 5.91 Å². The molecule has 1 N–H and O–H groups in total. The number of aromatic nitrogens is 1. The van der Waals surface area contributed by atoms with Crippen molar-refractivity contribution < 1.29 is 18.8 Å². The van der Waals surface area contributed by atoms with Crippen LogP contribution in [0.4, 0.5) is 5.69 Å². The van der Waals surface area contributed by atoms with E-state index < -0.39 is 5.79 Å². The molecule has 0 spiro atoms. The lowest BCUT2D eigenvalue weighted by Crippen LogP contribution is -2.29. The Labute approximate surface area is 144 Å². The first-order valence-electron chi connectivity index (χ1n) is 7.65. The fourth-order valence-corrected chi connectivity index (χ4v) is 3.43. The number of thioether (sulfide) groups is 1. The zero-order chi connectivity index (χ0) is 17.3. The van der Waals surface area contributed by atoms with Crippen molar-refractivity contribution in [1.29, 1.82) is 0 Å². The molecule has 24 heavy (non-hydrogen) atoms. The Morgan fingerprint density at radius 1 is 1.25 bits per heavy atom. The van der Waals surface area contributed by atoms with Crippen LogP contribution in [0.25, 0.3) is 0 Å². The summed E-state index contributed by atoms with van der Waals surface area (Å²) in [6.07, 6.45) is 0. The molecule has 1 amide bonds. The second-order valence-electron chi connectivity index (χ2n) is 6.11. The van der Waals surface area contributed by atoms with Crippen molar-refractivity contribution in [3.63, 3.8) is 0 Å². The molecule has 0 fully saturated rings. The maximum absolute atomic E-state index is 12.1. The smallest absolute Gasteiger partial charge is 0.246 e. The van der Waals surface area contributed by atoms with E-state index in [1.807, 2.05) is 27.7 Å². The monoisotopic (exact) mass is 348 g/mol. The number of benzene rings is 1. The summed E-state index contributed by atoms with van der Waals surface area (Å²) in [5.74, 6) is 2.44. The average Bonchev–Trinajstić information content (AvgIpc) is 2.98. The van der Waals surface area contributed by atoms with Crippen LogP contribution in [0.2, 0.25) is 0 Å². The van der Waals surface area contributed by atoms with E-state index in [0.29, 0.717) is 28.7 Å². The molecule has 1 aliphatic rings. The molecule has 0 radical (unpaired) electrons. The van der Waals surface area contributed by atoms with Gasteiger partial charge in [-0.3, -0.25) is 4.79 Å². The summed E-state index contributed by atoms with van der Waals surface area (Å²) in [6.45, 7) is 7.47. The second-order valence-corrected chi connectivity index (χ2v) is 7.09. The lowest BCUT2D eigenvalue weighted by Gasteiger charge is -2.16. The molecule has 0 aliphatic carbocycles. The zero-order valence-electron chi connectivity index (χ0n) is 14.1. The highest BCUT2D eigenvalue weighted by molar-refractivity contribution is 7.99. The molecule has 0 saturated heterocycles. The van der Waals surface area contributed by atoms with Gasteiger partial charge in [0.15, 0.2) is 11.5 Å². The minimum atomic E-state index is -0.671. The molecule has 0 atom stereocenters. The summed E-state index contributed by atoms with van der Waals surface area (Å²) in [6, 6.07) is 5.39. The van der Waals surface area contributed by atoms with Crippen molar-refractivity contribution in [1.82, 2.24) is 5.16 Å². The van der Waals surface area contributed by atoms with Crippen LogP contribution in [0.1, 0.15) is 30.9 Å². The number of nitrogens with one attached hydrogen (secondary N) is 1. The van der Waals surface area contributed by atoms with E-state index in [0.717, 1.165) is 17.0 Å². The van der Waals surface area contributed by atoms with Gasteiger partial charge in [0, 0.05) is 36.9 Å². The van der Waals surface area contributed by atoms with Crippen LogP contribution in [0.5, 0.6) is 11.5 Å². The van der Waals surface area contributed by atoms with Crippen molar-refractivity contribution in [2.24, 2.45) is 0 Å². The summed E-state index contributed by atoms with van der Waals surface area (Å²) in [5, 5.41) is 6.79. The maximum Gasteiger partial charge on any atom is 0.246 e. The van der Waals surface area contributed by atoms with Gasteiger partial charge in [-0.05, 0) is 26.0 Å². The van der Waals surface area contributed by atoms with Crippen molar-refractivity contribution in [3.05, 3.63) is 35.2 Å². The van der Waals surface area contributed by atoms with E-state index in [9.17, 15) is 4.79 Å². The van der Waals surface area contributed by atoms with Crippen molar-refractivity contribution in [3.8, 4) is 11.5 Å². The van der Waals surface area contributed by atoms with Crippen molar-refractivity contribution >= 4 is 23.4 Å². The van der Waals surface area contributed by atoms with Gasteiger partial charge in [0.2, 0.25) is 11.7 Å². The lowest BCUT2D eigenvalue weighted by atomic mass is 10.2. The number of hydrogen-bond acceptors (Lipinski definition) is 6. The highest BCUT2D eigenvalue weighted by Crippen LogP contribution is 2.40. The minimum absolute atomic E-state index is 0.0649. The van der Waals surface area contributed by atoms with Crippen LogP contribution in [0.3, 0.4) is 0 Å². The van der Waals surface area contributed by atoms with Crippen LogP contribution >= 0.6 is 11.8 Å². The standard InChI is InChI=1S/C17H20N2O4S/c1-10-13(11(2)23-19-10)8-24-9-16(20)18-12-5-6-14-15(7-12)22-17(3,4)21-14/h5-7H,8-9H2,1-4H3,(H,18,20). The van der Waals surface area contributed by atoms with Gasteiger partial charge < -0.3 is 19.3 Å². The van der Waals surface area contributed by atoms with Crippen LogP contribution in [0, 0.1) is 13.8 Å². The van der Waals surface area contributed by atoms with E-state index in [4.69, 9.17) is 14.0 Å². The molecular weight excluding hydrogens is 328 g/mol. The fourth-order valence-electron chi connectivity index (χ4n) is 2.45. The predicted octanol–water partition coefficient (Wildman–Crippen LogP) is 3.67. The summed E-state index contributed by atoms with van der Waals surface area (Å²) in [5.41, 5.74) is 2.62. The number of amides is 1. The Bertz CT molecular complexity index is 750. The Kier molecular flexibility index (Phi) is 4.45. The first-order valence-corrected chi connectivity index (χ1v) is 8.81. The molecule has 1 aromatic heterocycles. The lowest BCUT2D eigenvalue weighted by molar-refractivity contribution is -0.113. The Morgan fingerprint density at radius 2 is 2.00 bits per heavy atom. The van der Waals surface area contributed by atoms with Gasteiger partial charge in [-0.25, -0.2) is 0 Å². The highest BCUT2D eigenvalue weighted by atomic mass is 32.2. The number of ether oxygens (including phenoxy) is 2. The normalized spacial score (nSPS) is 14.7. The Morgan fingerprint density at radius 3 is 2.71 bits per heavy atom. The Hall–Kier alpha value is -2.15. The first kappa shape index (κ1) is 16.7. The number of carbonyl (C=O) groups excluding carboxylic acids is 1. The molecule has 7 heteroatoms. The van der Waals surface area contributed by atoms with E-state index in [1.165, 1.54) is 11.8 Å². The molecular formula is C17H20N2O4S. The van der Waals surface area contributed by atoms with Crippen molar-refractivity contribution in [2.45, 2.75) is 39.2 Å². The van der Waals surface area contributed by atoms with Gasteiger partial charge in [0.05, 0.1) is 11.4 Å². The number of fused-ring (bicyclic) bond motifs is 1. The van der Waals surface area contributed by atoms with Gasteiger partial charge in [0.1, 0.15) is 5.76 Å². The first-order chi connectivity index (χ1) is 11.3. The molecule has 3 rings (SSSR count). The van der Waals surface area contributed by atoms with Gasteiger partial charge in [-0.1, -0.05) is 5.16 Å². The third-order valence-corrected chi connectivity index (χ3v) is 4.56. The van der Waals surface area contributed by atoms with E-state index >= 15 is 0 Å². The third kappa shape index (κ3) is 3.67. The number of hydrogen-bond donors (Lipinski definition) is 1. The number of nitrogens with zero attached hydrogens (tertiary/aromatic N) is 1. The summed E-state index contributed by atoms with van der Waals surface area (Å²) < 4.78 is 16.4. The molecule has 1 aliphatic heterocycles. The van der Waals surface area contributed by atoms with Crippen LogP contribution in [-0.2, 0) is 10.5 Å². The van der Waals surface area contributed by atoms with Gasteiger partial charge in [0.25, 0.3) is 0 Å². The molecule has 0 unspecified atom stereocenters. The summed E-state index contributed by atoms with van der Waals surface area (Å²) >= 11 is 1.52. The molecule has 6 nitrogen and oxygen atoms in total. The fraction of sp³-hybridized carbons (Fsp3) is 0.412. The van der Waals surface area contributed by atoms with Gasteiger partial charge >= 0.3 is 0 Å². The topological polar surface area (TPSA) is 73.6 Å². The van der Waals surface area contributed by atoms with Gasteiger partial charge in [-0.15, -0.1) is 11.8 Å². The van der Waals surface area contributed by atoms with Crippen LogP contribution < -0.4 is 14.8 Å². The quantitative estimate of drug-likeness (QED) is 0.889. The number of carbonyl (C=O) groups is 1. The summed E-state index contributed by atoms with van der Waals surface area (Å²) in [4.78, 5) is 12.1. The second kappa shape index (κ2) is 6.39. The Balaban J connectivity index is 1.53. The molecule has 2 aromatic rings. The van der Waals surface area contributed by atoms with E-state index in [2.05, 4.69) is 10.5 Å². The van der Waals surface area contributed by atoms with E-state index in [1.54, 1.807) is 18.2 Å². The largest absolute Gasteiger partial charge is 0.449 e. The maximum atomic E-state index is 12.1.